The van der Waals surface area contributed by atoms with Gasteiger partial charge in [-0.25, -0.2) is 0 Å². The minimum absolute atomic E-state index is 0.0240. The normalized spacial score (nSPS) is 22.3. The lowest BCUT2D eigenvalue weighted by atomic mass is 9.94. The Labute approximate surface area is 153 Å². The van der Waals surface area contributed by atoms with Crippen LogP contribution in [0.15, 0.2) is 24.3 Å². The van der Waals surface area contributed by atoms with Gasteiger partial charge in [-0.15, -0.1) is 0 Å². The third-order valence-corrected chi connectivity index (χ3v) is 5.22. The van der Waals surface area contributed by atoms with Crippen molar-refractivity contribution in [3.63, 3.8) is 0 Å². The SMILES string of the molecule is CN(C)C(=O)CN1C(=O)[C@@H]2CC[C@H]1CN(C(=O)Cc1cccc(O)c1)C2. The number of fused-ring (bicyclic) bond motifs is 4. The Hall–Kier alpha value is -2.57. The first kappa shape index (κ1) is 18.2. The van der Waals surface area contributed by atoms with Crippen LogP contribution in [0, 0.1) is 5.92 Å². The van der Waals surface area contributed by atoms with E-state index in [-0.39, 0.29) is 48.4 Å². The summed E-state index contributed by atoms with van der Waals surface area (Å²) in [5, 5.41) is 9.56. The summed E-state index contributed by atoms with van der Waals surface area (Å²) in [6, 6.07) is 6.55. The van der Waals surface area contributed by atoms with Gasteiger partial charge >= 0.3 is 0 Å². The summed E-state index contributed by atoms with van der Waals surface area (Å²) in [5.41, 5.74) is 0.748. The number of piperidine rings is 1. The van der Waals surface area contributed by atoms with Gasteiger partial charge in [0.15, 0.2) is 0 Å². The van der Waals surface area contributed by atoms with E-state index in [1.54, 1.807) is 48.2 Å². The molecule has 0 spiro atoms. The predicted molar refractivity (Wildman–Crippen MR) is 95.3 cm³/mol. The van der Waals surface area contributed by atoms with Gasteiger partial charge in [0.1, 0.15) is 12.3 Å². The zero-order valence-electron chi connectivity index (χ0n) is 15.2. The van der Waals surface area contributed by atoms with Crippen molar-refractivity contribution >= 4 is 17.7 Å². The molecular formula is C19H25N3O4. The van der Waals surface area contributed by atoms with E-state index < -0.39 is 0 Å². The predicted octanol–water partition coefficient (Wildman–Crippen LogP) is 0.472. The Kier molecular flexibility index (Phi) is 5.15. The van der Waals surface area contributed by atoms with Crippen LogP contribution in [0.2, 0.25) is 0 Å². The number of phenols is 1. The van der Waals surface area contributed by atoms with E-state index in [1.807, 2.05) is 0 Å². The van der Waals surface area contributed by atoms with Crippen LogP contribution >= 0.6 is 0 Å². The number of carbonyl (C=O) groups is 3. The maximum Gasteiger partial charge on any atom is 0.241 e. The van der Waals surface area contributed by atoms with Gasteiger partial charge < -0.3 is 19.8 Å². The highest BCUT2D eigenvalue weighted by Crippen LogP contribution is 2.29. The summed E-state index contributed by atoms with van der Waals surface area (Å²) in [4.78, 5) is 42.4. The fourth-order valence-electron chi connectivity index (χ4n) is 3.69. The number of carbonyl (C=O) groups excluding carboxylic acids is 3. The average molecular weight is 359 g/mol. The zero-order chi connectivity index (χ0) is 18.8. The molecule has 0 aromatic heterocycles. The number of likely N-dealkylation sites (N-methyl/N-ethyl adjacent to an activating group) is 1. The van der Waals surface area contributed by atoms with Crippen molar-refractivity contribution in [2.45, 2.75) is 25.3 Å². The minimum atomic E-state index is -0.239. The van der Waals surface area contributed by atoms with E-state index in [0.29, 0.717) is 13.1 Å². The van der Waals surface area contributed by atoms with E-state index >= 15 is 0 Å². The molecule has 3 aliphatic rings. The van der Waals surface area contributed by atoms with Crippen LogP contribution in [-0.4, -0.2) is 77.3 Å². The Bertz CT molecular complexity index is 718. The Morgan fingerprint density at radius 3 is 2.69 bits per heavy atom. The molecule has 140 valence electrons. The number of benzene rings is 1. The molecule has 26 heavy (non-hydrogen) atoms. The molecule has 3 amide bonds. The fraction of sp³-hybridized carbons (Fsp3) is 0.526. The first-order chi connectivity index (χ1) is 12.3. The lowest BCUT2D eigenvalue weighted by Crippen LogP contribution is -2.51. The zero-order valence-corrected chi connectivity index (χ0v) is 15.2. The van der Waals surface area contributed by atoms with Crippen LogP contribution in [0.4, 0.5) is 0 Å². The van der Waals surface area contributed by atoms with Crippen molar-refractivity contribution in [1.82, 2.24) is 14.7 Å². The second-order valence-electron chi connectivity index (χ2n) is 7.33. The summed E-state index contributed by atoms with van der Waals surface area (Å²) in [7, 11) is 3.35. The molecule has 1 aromatic rings. The smallest absolute Gasteiger partial charge is 0.241 e. The van der Waals surface area contributed by atoms with Gasteiger partial charge in [0, 0.05) is 33.2 Å². The molecule has 1 N–H and O–H groups in total. The Balaban J connectivity index is 1.71. The monoisotopic (exact) mass is 359 g/mol. The van der Waals surface area contributed by atoms with Crippen molar-refractivity contribution in [2.24, 2.45) is 5.92 Å². The highest BCUT2D eigenvalue weighted by Gasteiger charge is 2.42. The number of amides is 3. The molecular weight excluding hydrogens is 334 g/mol. The van der Waals surface area contributed by atoms with E-state index in [2.05, 4.69) is 0 Å². The third kappa shape index (κ3) is 3.81. The summed E-state index contributed by atoms with van der Waals surface area (Å²) in [6.45, 7) is 0.932. The van der Waals surface area contributed by atoms with Crippen molar-refractivity contribution in [3.05, 3.63) is 29.8 Å². The summed E-state index contributed by atoms with van der Waals surface area (Å²) >= 11 is 0. The van der Waals surface area contributed by atoms with Gasteiger partial charge in [0.2, 0.25) is 17.7 Å². The first-order valence-electron chi connectivity index (χ1n) is 8.91. The van der Waals surface area contributed by atoms with Crippen LogP contribution in [0.1, 0.15) is 18.4 Å². The molecule has 2 bridgehead atoms. The van der Waals surface area contributed by atoms with E-state index in [4.69, 9.17) is 0 Å². The minimum Gasteiger partial charge on any atom is -0.508 e. The standard InChI is InChI=1S/C19H25N3O4/c1-20(2)18(25)12-22-15-7-6-14(19(22)26)10-21(11-15)17(24)9-13-4-3-5-16(23)8-13/h3-5,8,14-15,23H,6-7,9-12H2,1-2H3/t14-,15+/m1/s1. The van der Waals surface area contributed by atoms with Gasteiger partial charge in [-0.2, -0.15) is 0 Å². The van der Waals surface area contributed by atoms with E-state index in [0.717, 1.165) is 18.4 Å². The van der Waals surface area contributed by atoms with Crippen LogP contribution in [0.5, 0.6) is 5.75 Å². The van der Waals surface area contributed by atoms with Crippen LogP contribution in [-0.2, 0) is 20.8 Å². The number of aromatic hydroxyl groups is 1. The summed E-state index contributed by atoms with van der Waals surface area (Å²) in [6.07, 6.45) is 1.76. The molecule has 0 aliphatic carbocycles. The van der Waals surface area contributed by atoms with Gasteiger partial charge in [-0.05, 0) is 30.5 Å². The molecule has 3 aliphatic heterocycles. The van der Waals surface area contributed by atoms with Crippen LogP contribution < -0.4 is 0 Å². The molecule has 3 fully saturated rings. The molecule has 3 saturated heterocycles. The molecule has 0 saturated carbocycles. The number of hydrogen-bond acceptors (Lipinski definition) is 4. The Morgan fingerprint density at radius 2 is 2.00 bits per heavy atom. The van der Waals surface area contributed by atoms with Gasteiger partial charge in [0.05, 0.1) is 12.3 Å². The van der Waals surface area contributed by atoms with Crippen LogP contribution in [0.25, 0.3) is 0 Å². The molecule has 4 rings (SSSR count). The number of phenolic OH excluding ortho intramolecular Hbond substituents is 1. The van der Waals surface area contributed by atoms with Gasteiger partial charge in [-0.1, -0.05) is 12.1 Å². The average Bonchev–Trinajstić information content (AvgIpc) is 2.87. The van der Waals surface area contributed by atoms with E-state index in [1.165, 1.54) is 4.90 Å². The summed E-state index contributed by atoms with van der Waals surface area (Å²) < 4.78 is 0. The third-order valence-electron chi connectivity index (χ3n) is 5.22. The molecule has 0 unspecified atom stereocenters. The highest BCUT2D eigenvalue weighted by atomic mass is 16.3. The van der Waals surface area contributed by atoms with E-state index in [9.17, 15) is 19.5 Å². The maximum absolute atomic E-state index is 12.7. The van der Waals surface area contributed by atoms with Crippen molar-refractivity contribution in [1.29, 1.82) is 0 Å². The van der Waals surface area contributed by atoms with Crippen LogP contribution in [0.3, 0.4) is 0 Å². The molecule has 1 aromatic carbocycles. The fourth-order valence-corrected chi connectivity index (χ4v) is 3.69. The number of rotatable bonds is 4. The quantitative estimate of drug-likeness (QED) is 0.848. The topological polar surface area (TPSA) is 81.2 Å². The first-order valence-corrected chi connectivity index (χ1v) is 8.91. The molecule has 7 heteroatoms. The molecule has 3 heterocycles. The van der Waals surface area contributed by atoms with Crippen molar-refractivity contribution in [2.75, 3.05) is 33.7 Å². The molecule has 7 nitrogen and oxygen atoms in total. The second-order valence-corrected chi connectivity index (χ2v) is 7.33. The maximum atomic E-state index is 12.7. The molecule has 0 radical (unpaired) electrons. The summed E-state index contributed by atoms with van der Waals surface area (Å²) in [5.74, 6) is -0.291. The lowest BCUT2D eigenvalue weighted by Gasteiger charge is -2.35. The van der Waals surface area contributed by atoms with Gasteiger partial charge in [-0.3, -0.25) is 14.4 Å². The van der Waals surface area contributed by atoms with Crippen molar-refractivity contribution in [3.8, 4) is 5.75 Å². The lowest BCUT2D eigenvalue weighted by molar-refractivity contribution is -0.145. The largest absolute Gasteiger partial charge is 0.508 e. The number of nitrogens with zero attached hydrogens (tertiary/aromatic N) is 3. The van der Waals surface area contributed by atoms with Crippen molar-refractivity contribution < 1.29 is 19.5 Å². The van der Waals surface area contributed by atoms with Gasteiger partial charge in [0.25, 0.3) is 0 Å². The number of hydrogen-bond donors (Lipinski definition) is 1. The molecule has 2 atom stereocenters. The Morgan fingerprint density at radius 1 is 1.23 bits per heavy atom. The highest BCUT2D eigenvalue weighted by molar-refractivity contribution is 5.88. The second kappa shape index (κ2) is 7.35.